The number of carbonyl (C=O) groups is 1. The molecule has 1 N–H and O–H groups in total. The average molecular weight is 430 g/mol. The van der Waals surface area contributed by atoms with Gasteiger partial charge >= 0.3 is 0 Å². The number of benzene rings is 1. The molecule has 1 aliphatic carbocycles. The first kappa shape index (κ1) is 23.1. The smallest absolute Gasteiger partial charge is 0.245 e. The van der Waals surface area contributed by atoms with Gasteiger partial charge in [-0.3, -0.25) is 9.69 Å². The van der Waals surface area contributed by atoms with Crippen LogP contribution in [0.15, 0.2) is 30.3 Å². The van der Waals surface area contributed by atoms with E-state index in [1.807, 2.05) is 25.2 Å². The molecule has 0 bridgehead atoms. The van der Waals surface area contributed by atoms with Crippen LogP contribution in [0, 0.1) is 0 Å². The molecule has 1 amide bonds. The molecule has 0 radical (unpaired) electrons. The fourth-order valence-electron chi connectivity index (χ4n) is 4.53. The molecular weight excluding hydrogens is 398 g/mol. The molecule has 1 aromatic rings. The normalized spacial score (nSPS) is 24.4. The van der Waals surface area contributed by atoms with E-state index in [1.54, 1.807) is 17.0 Å². The maximum atomic E-state index is 13.4. The van der Waals surface area contributed by atoms with E-state index in [-0.39, 0.29) is 24.4 Å². The van der Waals surface area contributed by atoms with E-state index in [0.717, 1.165) is 38.6 Å². The third-order valence-electron chi connectivity index (χ3n) is 5.86. The number of carbonyl (C=O) groups excluding carboxylic acids is 1. The van der Waals surface area contributed by atoms with Crippen LogP contribution < -0.4 is 4.72 Å². The fourth-order valence-corrected chi connectivity index (χ4v) is 5.20. The Morgan fingerprint density at radius 1 is 1.11 bits per heavy atom. The third kappa shape index (κ3) is 5.69. The van der Waals surface area contributed by atoms with E-state index < -0.39 is 16.1 Å². The number of rotatable bonds is 6. The predicted octanol–water partition coefficient (Wildman–Crippen LogP) is 2.56. The second-order valence-electron chi connectivity index (χ2n) is 7.85. The van der Waals surface area contributed by atoms with Crippen LogP contribution in [-0.4, -0.2) is 62.6 Å². The fraction of sp³-hybridized carbons (Fsp3) is 0.650. The Labute approximate surface area is 175 Å². The molecule has 2 aliphatic rings. The summed E-state index contributed by atoms with van der Waals surface area (Å²) in [6.45, 7) is 2.21. The van der Waals surface area contributed by atoms with E-state index in [4.69, 9.17) is 0 Å². The van der Waals surface area contributed by atoms with Gasteiger partial charge in [0.2, 0.25) is 15.9 Å². The summed E-state index contributed by atoms with van der Waals surface area (Å²) in [6, 6.07) is 8.75. The maximum Gasteiger partial charge on any atom is 0.245 e. The number of hydrogen-bond acceptors (Lipinski definition) is 4. The van der Waals surface area contributed by atoms with Gasteiger partial charge in [-0.15, -0.1) is 12.4 Å². The van der Waals surface area contributed by atoms with Crippen LogP contribution in [0.25, 0.3) is 0 Å². The Balaban J connectivity index is 0.00000280. The van der Waals surface area contributed by atoms with E-state index >= 15 is 0 Å². The van der Waals surface area contributed by atoms with Gasteiger partial charge in [-0.05, 0) is 44.3 Å². The number of sulfonamides is 1. The molecule has 0 aromatic heterocycles. The monoisotopic (exact) mass is 429 g/mol. The van der Waals surface area contributed by atoms with Crippen molar-refractivity contribution >= 4 is 28.3 Å². The molecule has 1 saturated heterocycles. The molecule has 0 spiro atoms. The minimum atomic E-state index is -3.52. The quantitative estimate of drug-likeness (QED) is 0.754. The Morgan fingerprint density at radius 2 is 1.71 bits per heavy atom. The predicted molar refractivity (Wildman–Crippen MR) is 114 cm³/mol. The van der Waals surface area contributed by atoms with Crippen molar-refractivity contribution in [3.63, 3.8) is 0 Å². The molecule has 1 aromatic carbocycles. The zero-order valence-corrected chi connectivity index (χ0v) is 18.3. The number of hydrogen-bond donors (Lipinski definition) is 1. The van der Waals surface area contributed by atoms with Gasteiger partial charge in [0.25, 0.3) is 0 Å². The van der Waals surface area contributed by atoms with Crippen LogP contribution >= 0.6 is 12.4 Å². The first-order valence-corrected chi connectivity index (χ1v) is 11.8. The lowest BCUT2D eigenvalue weighted by atomic mass is 9.88. The first-order chi connectivity index (χ1) is 12.9. The SMILES string of the molecule is CN(C(=O)C(NS(C)(=O)=O)c1ccccc1)[C@@H]1CCCC[C@H]1N1CCCC1.Cl. The van der Waals surface area contributed by atoms with Gasteiger partial charge in [-0.25, -0.2) is 8.42 Å². The van der Waals surface area contributed by atoms with Crippen LogP contribution in [-0.2, 0) is 14.8 Å². The lowest BCUT2D eigenvalue weighted by molar-refractivity contribution is -0.136. The number of likely N-dealkylation sites (N-methyl/N-ethyl adjacent to an activating group) is 1. The zero-order chi connectivity index (χ0) is 19.4. The minimum Gasteiger partial charge on any atom is -0.340 e. The highest BCUT2D eigenvalue weighted by Crippen LogP contribution is 2.30. The third-order valence-corrected chi connectivity index (χ3v) is 6.52. The summed E-state index contributed by atoms with van der Waals surface area (Å²) in [7, 11) is -1.68. The molecule has 8 heteroatoms. The van der Waals surface area contributed by atoms with Gasteiger partial charge in [0.05, 0.1) is 6.26 Å². The molecule has 2 fully saturated rings. The molecular formula is C20H32ClN3O3S. The van der Waals surface area contributed by atoms with E-state index in [1.165, 1.54) is 19.3 Å². The lowest BCUT2D eigenvalue weighted by Gasteiger charge is -2.43. The Hall–Kier alpha value is -1.15. The minimum absolute atomic E-state index is 0. The highest BCUT2D eigenvalue weighted by molar-refractivity contribution is 7.88. The van der Waals surface area contributed by atoms with Crippen LogP contribution in [0.5, 0.6) is 0 Å². The number of likely N-dealkylation sites (tertiary alicyclic amines) is 1. The van der Waals surface area contributed by atoms with E-state index in [2.05, 4.69) is 9.62 Å². The molecule has 1 saturated carbocycles. The molecule has 1 aliphatic heterocycles. The molecule has 1 heterocycles. The summed E-state index contributed by atoms with van der Waals surface area (Å²) in [6.07, 6.45) is 7.95. The standard InChI is InChI=1S/C20H31N3O3S.ClH/c1-22(17-12-6-7-13-18(17)23-14-8-9-15-23)20(24)19(21-27(2,25)26)16-10-4-3-5-11-16;/h3-5,10-11,17-19,21H,6-9,12-15H2,1-2H3;1H/t17-,18-,19?;/m1./s1. The van der Waals surface area contributed by atoms with Gasteiger partial charge in [-0.1, -0.05) is 43.2 Å². The molecule has 1 unspecified atom stereocenters. The van der Waals surface area contributed by atoms with Gasteiger partial charge in [0.1, 0.15) is 6.04 Å². The highest BCUT2D eigenvalue weighted by Gasteiger charge is 2.38. The Morgan fingerprint density at radius 3 is 2.32 bits per heavy atom. The van der Waals surface area contributed by atoms with Crippen molar-refractivity contribution in [3.8, 4) is 0 Å². The van der Waals surface area contributed by atoms with Crippen molar-refractivity contribution in [1.29, 1.82) is 0 Å². The molecule has 158 valence electrons. The Kier molecular flexibility index (Phi) is 8.30. The summed E-state index contributed by atoms with van der Waals surface area (Å²) in [4.78, 5) is 17.7. The van der Waals surface area contributed by atoms with Gasteiger partial charge < -0.3 is 4.90 Å². The summed E-state index contributed by atoms with van der Waals surface area (Å²) in [5, 5.41) is 0. The van der Waals surface area contributed by atoms with Crippen molar-refractivity contribution in [2.24, 2.45) is 0 Å². The largest absolute Gasteiger partial charge is 0.340 e. The summed E-state index contributed by atoms with van der Waals surface area (Å²) in [5.41, 5.74) is 0.674. The second kappa shape index (κ2) is 10.1. The van der Waals surface area contributed by atoms with Crippen LogP contribution in [0.2, 0.25) is 0 Å². The second-order valence-corrected chi connectivity index (χ2v) is 9.63. The van der Waals surface area contributed by atoms with E-state index in [0.29, 0.717) is 11.6 Å². The molecule has 3 atom stereocenters. The number of amides is 1. The van der Waals surface area contributed by atoms with Crippen molar-refractivity contribution < 1.29 is 13.2 Å². The highest BCUT2D eigenvalue weighted by atomic mass is 35.5. The van der Waals surface area contributed by atoms with Crippen molar-refractivity contribution in [2.75, 3.05) is 26.4 Å². The van der Waals surface area contributed by atoms with E-state index in [9.17, 15) is 13.2 Å². The van der Waals surface area contributed by atoms with Gasteiger partial charge in [0, 0.05) is 19.1 Å². The van der Waals surface area contributed by atoms with Crippen molar-refractivity contribution in [1.82, 2.24) is 14.5 Å². The number of nitrogens with one attached hydrogen (secondary N) is 1. The number of nitrogens with zero attached hydrogens (tertiary/aromatic N) is 2. The summed E-state index contributed by atoms with van der Waals surface area (Å²) in [5.74, 6) is -0.178. The molecule has 3 rings (SSSR count). The summed E-state index contributed by atoms with van der Waals surface area (Å²) < 4.78 is 26.3. The molecule has 28 heavy (non-hydrogen) atoms. The van der Waals surface area contributed by atoms with Crippen molar-refractivity contribution in [3.05, 3.63) is 35.9 Å². The molecule has 6 nitrogen and oxygen atoms in total. The van der Waals surface area contributed by atoms with Gasteiger partial charge in [-0.2, -0.15) is 4.72 Å². The average Bonchev–Trinajstić information content (AvgIpc) is 3.19. The van der Waals surface area contributed by atoms with Crippen molar-refractivity contribution in [2.45, 2.75) is 56.7 Å². The Bertz CT molecular complexity index is 738. The lowest BCUT2D eigenvalue weighted by Crippen LogP contribution is -2.55. The zero-order valence-electron chi connectivity index (χ0n) is 16.7. The van der Waals surface area contributed by atoms with Gasteiger partial charge in [0.15, 0.2) is 0 Å². The topological polar surface area (TPSA) is 69.7 Å². The first-order valence-electron chi connectivity index (χ1n) is 9.90. The maximum absolute atomic E-state index is 13.4. The summed E-state index contributed by atoms with van der Waals surface area (Å²) >= 11 is 0. The van der Waals surface area contributed by atoms with Crippen LogP contribution in [0.1, 0.15) is 50.1 Å². The number of halogens is 1. The van der Waals surface area contributed by atoms with Crippen LogP contribution in [0.4, 0.5) is 0 Å². The van der Waals surface area contributed by atoms with Crippen LogP contribution in [0.3, 0.4) is 0 Å².